The van der Waals surface area contributed by atoms with Crippen LogP contribution in [0, 0.1) is 0 Å². The van der Waals surface area contributed by atoms with Gasteiger partial charge in [0, 0.05) is 26.2 Å². The quantitative estimate of drug-likeness (QED) is 0.801. The molecular weight excluding hydrogens is 274 g/mol. The molecule has 1 saturated heterocycles. The van der Waals surface area contributed by atoms with Crippen LogP contribution in [-0.2, 0) is 6.54 Å². The molecule has 2 aromatic heterocycles. The number of piperazine rings is 1. The lowest BCUT2D eigenvalue weighted by Gasteiger charge is -2.28. The first-order chi connectivity index (χ1) is 10.9. The summed E-state index contributed by atoms with van der Waals surface area (Å²) in [6.45, 7) is 4.85. The summed E-state index contributed by atoms with van der Waals surface area (Å²) in [4.78, 5) is 11.7. The average molecular weight is 293 g/mol. The van der Waals surface area contributed by atoms with Gasteiger partial charge in [0.15, 0.2) is 5.65 Å². The van der Waals surface area contributed by atoms with Gasteiger partial charge in [-0.15, -0.1) is 0 Å². The Morgan fingerprint density at radius 1 is 1.00 bits per heavy atom. The van der Waals surface area contributed by atoms with Crippen molar-refractivity contribution >= 4 is 17.0 Å². The molecule has 1 aliphatic heterocycles. The Bertz CT molecular complexity index is 759. The molecule has 1 aliphatic rings. The van der Waals surface area contributed by atoms with E-state index in [1.807, 2.05) is 12.4 Å². The van der Waals surface area contributed by atoms with Gasteiger partial charge in [0.1, 0.15) is 11.3 Å². The third kappa shape index (κ3) is 2.55. The summed E-state index contributed by atoms with van der Waals surface area (Å²) in [6.07, 6.45) is 1.88. The van der Waals surface area contributed by atoms with Crippen LogP contribution in [0.1, 0.15) is 5.56 Å². The van der Waals surface area contributed by atoms with Crippen LogP contribution in [0.5, 0.6) is 0 Å². The fourth-order valence-electron chi connectivity index (χ4n) is 2.90. The molecule has 4 rings (SSSR count). The minimum absolute atomic E-state index is 0.801. The maximum absolute atomic E-state index is 4.85. The minimum atomic E-state index is 0.801. The fraction of sp³-hybridized carbons (Fsp3) is 0.294. The van der Waals surface area contributed by atoms with Crippen molar-refractivity contribution in [3.05, 3.63) is 54.4 Å². The van der Waals surface area contributed by atoms with Crippen molar-refractivity contribution in [3.8, 4) is 0 Å². The molecule has 3 heterocycles. The predicted molar refractivity (Wildman–Crippen MR) is 88.2 cm³/mol. The number of hydrogen-bond acceptors (Lipinski definition) is 4. The normalized spacial score (nSPS) is 15.4. The first kappa shape index (κ1) is 13.3. The number of anilines is 1. The Labute approximate surface area is 129 Å². The van der Waals surface area contributed by atoms with E-state index in [1.54, 1.807) is 0 Å². The topological polar surface area (TPSA) is 46.0 Å². The maximum atomic E-state index is 4.85. The highest BCUT2D eigenvalue weighted by Gasteiger charge is 2.13. The van der Waals surface area contributed by atoms with Crippen molar-refractivity contribution in [2.24, 2.45) is 0 Å². The van der Waals surface area contributed by atoms with Gasteiger partial charge in [-0.1, -0.05) is 30.3 Å². The number of benzene rings is 1. The SMILES string of the molecule is c1ccc(Cn2cnc3ccc(N4CCNCC4)nc32)cc1. The van der Waals surface area contributed by atoms with Crippen molar-refractivity contribution in [1.29, 1.82) is 0 Å². The van der Waals surface area contributed by atoms with Crippen LogP contribution in [0.25, 0.3) is 11.2 Å². The molecule has 22 heavy (non-hydrogen) atoms. The molecule has 1 N–H and O–H groups in total. The first-order valence-electron chi connectivity index (χ1n) is 7.72. The maximum Gasteiger partial charge on any atom is 0.162 e. The first-order valence-corrected chi connectivity index (χ1v) is 7.72. The van der Waals surface area contributed by atoms with Gasteiger partial charge in [-0.25, -0.2) is 9.97 Å². The van der Waals surface area contributed by atoms with E-state index in [-0.39, 0.29) is 0 Å². The predicted octanol–water partition coefficient (Wildman–Crippen LogP) is 1.89. The summed E-state index contributed by atoms with van der Waals surface area (Å²) >= 11 is 0. The smallest absolute Gasteiger partial charge is 0.162 e. The third-order valence-corrected chi connectivity index (χ3v) is 4.08. The largest absolute Gasteiger partial charge is 0.354 e. The number of imidazole rings is 1. The number of rotatable bonds is 3. The zero-order valence-electron chi connectivity index (χ0n) is 12.4. The number of pyridine rings is 1. The Kier molecular flexibility index (Phi) is 3.48. The zero-order valence-corrected chi connectivity index (χ0v) is 12.4. The average Bonchev–Trinajstić information content (AvgIpc) is 2.99. The summed E-state index contributed by atoms with van der Waals surface area (Å²) in [7, 11) is 0. The second kappa shape index (κ2) is 5.77. The minimum Gasteiger partial charge on any atom is -0.354 e. The molecule has 1 aromatic carbocycles. The van der Waals surface area contributed by atoms with E-state index in [2.05, 4.69) is 56.2 Å². The van der Waals surface area contributed by atoms with Gasteiger partial charge in [-0.2, -0.15) is 0 Å². The molecule has 0 aliphatic carbocycles. The monoisotopic (exact) mass is 293 g/mol. The molecule has 3 aromatic rings. The van der Waals surface area contributed by atoms with Crippen molar-refractivity contribution in [3.63, 3.8) is 0 Å². The van der Waals surface area contributed by atoms with Gasteiger partial charge in [0.25, 0.3) is 0 Å². The van der Waals surface area contributed by atoms with Gasteiger partial charge < -0.3 is 14.8 Å². The van der Waals surface area contributed by atoms with E-state index in [4.69, 9.17) is 4.98 Å². The Hall–Kier alpha value is -2.40. The van der Waals surface area contributed by atoms with Gasteiger partial charge >= 0.3 is 0 Å². The van der Waals surface area contributed by atoms with Gasteiger partial charge in [0.05, 0.1) is 12.9 Å². The summed E-state index contributed by atoms with van der Waals surface area (Å²) in [6, 6.07) is 14.6. The highest BCUT2D eigenvalue weighted by molar-refractivity contribution is 5.73. The van der Waals surface area contributed by atoms with Crippen LogP contribution in [-0.4, -0.2) is 40.7 Å². The highest BCUT2D eigenvalue weighted by atomic mass is 15.2. The van der Waals surface area contributed by atoms with Crippen LogP contribution in [0.2, 0.25) is 0 Å². The third-order valence-electron chi connectivity index (χ3n) is 4.08. The second-order valence-corrected chi connectivity index (χ2v) is 5.61. The standard InChI is InChI=1S/C17H19N5/c1-2-4-14(5-3-1)12-22-13-19-15-6-7-16(20-17(15)22)21-10-8-18-9-11-21/h1-7,13,18H,8-12H2. The van der Waals surface area contributed by atoms with Crippen molar-refractivity contribution < 1.29 is 0 Å². The molecule has 5 heteroatoms. The second-order valence-electron chi connectivity index (χ2n) is 5.61. The summed E-state index contributed by atoms with van der Waals surface area (Å²) in [5.41, 5.74) is 3.17. The molecule has 0 unspecified atom stereocenters. The molecule has 0 spiro atoms. The van der Waals surface area contributed by atoms with E-state index in [0.29, 0.717) is 0 Å². The summed E-state index contributed by atoms with van der Waals surface area (Å²) < 4.78 is 2.12. The number of fused-ring (bicyclic) bond motifs is 1. The van der Waals surface area contributed by atoms with Crippen molar-refractivity contribution in [1.82, 2.24) is 19.9 Å². The molecule has 0 amide bonds. The van der Waals surface area contributed by atoms with Crippen LogP contribution in [0.3, 0.4) is 0 Å². The summed E-state index contributed by atoms with van der Waals surface area (Å²) in [5, 5.41) is 3.37. The lowest BCUT2D eigenvalue weighted by molar-refractivity contribution is 0.585. The molecule has 112 valence electrons. The molecule has 1 fully saturated rings. The lowest BCUT2D eigenvalue weighted by Crippen LogP contribution is -2.43. The van der Waals surface area contributed by atoms with Crippen LogP contribution in [0.15, 0.2) is 48.8 Å². The zero-order chi connectivity index (χ0) is 14.8. The number of hydrogen-bond donors (Lipinski definition) is 1. The van der Waals surface area contributed by atoms with Gasteiger partial charge in [-0.3, -0.25) is 0 Å². The van der Waals surface area contributed by atoms with Gasteiger partial charge in [-0.05, 0) is 17.7 Å². The molecule has 0 saturated carbocycles. The molecular formula is C17H19N5. The van der Waals surface area contributed by atoms with Crippen LogP contribution >= 0.6 is 0 Å². The van der Waals surface area contributed by atoms with Crippen molar-refractivity contribution in [2.45, 2.75) is 6.54 Å². The highest BCUT2D eigenvalue weighted by Crippen LogP contribution is 2.18. The van der Waals surface area contributed by atoms with E-state index in [9.17, 15) is 0 Å². The Morgan fingerprint density at radius 2 is 1.82 bits per heavy atom. The molecule has 0 bridgehead atoms. The van der Waals surface area contributed by atoms with E-state index < -0.39 is 0 Å². The van der Waals surface area contributed by atoms with Gasteiger partial charge in [0.2, 0.25) is 0 Å². The van der Waals surface area contributed by atoms with E-state index in [0.717, 1.165) is 49.7 Å². The van der Waals surface area contributed by atoms with Crippen molar-refractivity contribution in [2.75, 3.05) is 31.1 Å². The van der Waals surface area contributed by atoms with E-state index >= 15 is 0 Å². The summed E-state index contributed by atoms with van der Waals surface area (Å²) in [5.74, 6) is 1.05. The van der Waals surface area contributed by atoms with E-state index in [1.165, 1.54) is 5.56 Å². The number of nitrogens with one attached hydrogen (secondary N) is 1. The Morgan fingerprint density at radius 3 is 2.64 bits per heavy atom. The number of aromatic nitrogens is 3. The molecule has 0 atom stereocenters. The Balaban J connectivity index is 1.67. The van der Waals surface area contributed by atoms with Crippen LogP contribution in [0.4, 0.5) is 5.82 Å². The fourth-order valence-corrected chi connectivity index (χ4v) is 2.90. The number of nitrogens with zero attached hydrogens (tertiary/aromatic N) is 4. The molecule has 0 radical (unpaired) electrons. The molecule has 5 nitrogen and oxygen atoms in total. The van der Waals surface area contributed by atoms with Crippen LogP contribution < -0.4 is 10.2 Å². The lowest BCUT2D eigenvalue weighted by atomic mass is 10.2.